The van der Waals surface area contributed by atoms with E-state index < -0.39 is 10.6 Å². The Bertz CT molecular complexity index is 974. The lowest BCUT2D eigenvalue weighted by molar-refractivity contribution is 0.139. The lowest BCUT2D eigenvalue weighted by atomic mass is 10.0. The van der Waals surface area contributed by atoms with Gasteiger partial charge >= 0.3 is 0 Å². The van der Waals surface area contributed by atoms with Crippen LogP contribution in [-0.2, 0) is 0 Å². The van der Waals surface area contributed by atoms with Crippen molar-refractivity contribution in [3.63, 3.8) is 0 Å². The third-order valence-corrected chi connectivity index (χ3v) is 5.51. The molecule has 0 amide bonds. The van der Waals surface area contributed by atoms with Crippen LogP contribution in [0.1, 0.15) is 0 Å². The first-order chi connectivity index (χ1) is 12.5. The van der Waals surface area contributed by atoms with E-state index in [2.05, 4.69) is 4.98 Å². The van der Waals surface area contributed by atoms with E-state index in [1.165, 1.54) is 11.1 Å². The van der Waals surface area contributed by atoms with E-state index in [9.17, 15) is 9.50 Å². The fourth-order valence-corrected chi connectivity index (χ4v) is 3.82. The van der Waals surface area contributed by atoms with Crippen molar-refractivity contribution in [1.82, 2.24) is 4.98 Å². The lowest BCUT2D eigenvalue weighted by Crippen LogP contribution is -2.35. The maximum atomic E-state index is 14.0. The highest BCUT2D eigenvalue weighted by Crippen LogP contribution is 2.58. The largest absolute Gasteiger partial charge is 0.359 e. The number of hydrogen-bond donors (Lipinski definition) is 1. The van der Waals surface area contributed by atoms with Crippen LogP contribution in [0, 0.1) is 0 Å². The molecule has 0 bridgehead atoms. The third kappa shape index (κ3) is 3.28. The second kappa shape index (κ2) is 6.74. The van der Waals surface area contributed by atoms with Crippen LogP contribution in [0.25, 0.3) is 11.1 Å². The average Bonchev–Trinajstić information content (AvgIpc) is 3.22. The van der Waals surface area contributed by atoms with Crippen molar-refractivity contribution in [3.05, 3.63) is 77.0 Å². The lowest BCUT2D eigenvalue weighted by Gasteiger charge is -2.29. The van der Waals surface area contributed by atoms with Crippen LogP contribution in [0.5, 0.6) is 0 Å². The number of pyridine rings is 1. The summed E-state index contributed by atoms with van der Waals surface area (Å²) in [6, 6.07) is 16.6. The normalized spacial score (nSPS) is 21.5. The summed E-state index contributed by atoms with van der Waals surface area (Å²) in [6.07, 6.45) is 3.03. The van der Waals surface area contributed by atoms with Gasteiger partial charge in [0.1, 0.15) is 0 Å². The van der Waals surface area contributed by atoms with Gasteiger partial charge in [-0.15, -0.1) is 0 Å². The standard InChI is InChI=1S/C19H13Cl2FN2OS/c20-14-5-1-3-12(7-14)13-4-2-6-16(8-13)24(19(25)18(22)26-19)17-9-15(21)10-23-11-17/h1-11,18,25H/t18-,19+/m1/s1. The second-order valence-corrected chi connectivity index (χ2v) is 7.97. The molecule has 1 saturated heterocycles. The minimum absolute atomic E-state index is 0.406. The number of thioether (sulfide) groups is 1. The van der Waals surface area contributed by atoms with Crippen molar-refractivity contribution >= 4 is 46.3 Å². The average molecular weight is 407 g/mol. The SMILES string of the molecule is O[C@]1(N(c2cncc(Cl)c2)c2cccc(-c3cccc(Cl)c3)c2)S[C@H]1F. The molecular formula is C19H13Cl2FN2OS. The van der Waals surface area contributed by atoms with E-state index in [1.807, 2.05) is 36.4 Å². The van der Waals surface area contributed by atoms with E-state index in [-0.39, 0.29) is 0 Å². The molecule has 1 N–H and O–H groups in total. The van der Waals surface area contributed by atoms with Gasteiger partial charge in [-0.1, -0.05) is 59.2 Å². The van der Waals surface area contributed by atoms with E-state index >= 15 is 0 Å². The molecule has 26 heavy (non-hydrogen) atoms. The van der Waals surface area contributed by atoms with Crippen molar-refractivity contribution in [1.29, 1.82) is 0 Å². The Kier molecular flexibility index (Phi) is 4.57. The highest BCUT2D eigenvalue weighted by Gasteiger charge is 2.61. The summed E-state index contributed by atoms with van der Waals surface area (Å²) in [7, 11) is 0. The topological polar surface area (TPSA) is 36.4 Å². The van der Waals surface area contributed by atoms with Crippen LogP contribution >= 0.6 is 35.0 Å². The molecule has 1 aromatic heterocycles. The molecule has 0 unspecified atom stereocenters. The molecule has 0 radical (unpaired) electrons. The smallest absolute Gasteiger partial charge is 0.236 e. The molecule has 0 spiro atoms. The summed E-state index contributed by atoms with van der Waals surface area (Å²) in [5, 5.41) is 10.0. The Morgan fingerprint density at radius 3 is 2.31 bits per heavy atom. The number of anilines is 2. The van der Waals surface area contributed by atoms with E-state index in [0.29, 0.717) is 21.4 Å². The zero-order chi connectivity index (χ0) is 18.3. The van der Waals surface area contributed by atoms with Gasteiger partial charge in [0, 0.05) is 16.9 Å². The number of halogens is 3. The maximum Gasteiger partial charge on any atom is 0.236 e. The van der Waals surface area contributed by atoms with Crippen LogP contribution < -0.4 is 4.90 Å². The number of aromatic nitrogens is 1. The highest BCUT2D eigenvalue weighted by molar-refractivity contribution is 8.08. The van der Waals surface area contributed by atoms with Crippen molar-refractivity contribution in [3.8, 4) is 11.1 Å². The van der Waals surface area contributed by atoms with E-state index in [0.717, 1.165) is 22.9 Å². The summed E-state index contributed by atoms with van der Waals surface area (Å²) in [5.74, 6) is 0. The van der Waals surface area contributed by atoms with Gasteiger partial charge in [-0.25, -0.2) is 4.39 Å². The van der Waals surface area contributed by atoms with Gasteiger partial charge in [0.15, 0.2) is 0 Å². The predicted octanol–water partition coefficient (Wildman–Crippen LogP) is 5.88. The van der Waals surface area contributed by atoms with Gasteiger partial charge in [-0.2, -0.15) is 0 Å². The molecule has 4 rings (SSSR count). The van der Waals surface area contributed by atoms with E-state index in [4.69, 9.17) is 23.2 Å². The van der Waals surface area contributed by atoms with Crippen molar-refractivity contribution in [2.75, 3.05) is 4.90 Å². The first-order valence-corrected chi connectivity index (χ1v) is 9.42. The number of hydrogen-bond acceptors (Lipinski definition) is 4. The number of alkyl halides is 1. The van der Waals surface area contributed by atoms with Gasteiger partial charge in [-0.05, 0) is 41.5 Å². The van der Waals surface area contributed by atoms with Crippen molar-refractivity contribution in [2.24, 2.45) is 0 Å². The van der Waals surface area contributed by atoms with Crippen molar-refractivity contribution in [2.45, 2.75) is 10.6 Å². The summed E-state index contributed by atoms with van der Waals surface area (Å²) in [4.78, 5) is 5.56. The molecule has 2 aromatic carbocycles. The molecule has 1 aliphatic heterocycles. The molecule has 2 heterocycles. The van der Waals surface area contributed by atoms with Crippen molar-refractivity contribution < 1.29 is 9.50 Å². The zero-order valence-electron chi connectivity index (χ0n) is 13.3. The van der Waals surface area contributed by atoms with Gasteiger partial charge in [-0.3, -0.25) is 9.88 Å². The molecule has 3 aromatic rings. The predicted molar refractivity (Wildman–Crippen MR) is 106 cm³/mol. The van der Waals surface area contributed by atoms with Gasteiger partial charge in [0.25, 0.3) is 0 Å². The molecule has 0 aliphatic carbocycles. The third-order valence-electron chi connectivity index (χ3n) is 4.05. The maximum absolute atomic E-state index is 14.0. The quantitative estimate of drug-likeness (QED) is 0.433. The van der Waals surface area contributed by atoms with Gasteiger partial charge in [0.05, 0.1) is 16.9 Å². The molecule has 1 aliphatic rings. The minimum atomic E-state index is -1.68. The van der Waals surface area contributed by atoms with Crippen LogP contribution in [0.2, 0.25) is 10.0 Å². The molecule has 0 saturated carbocycles. The number of benzene rings is 2. The highest BCUT2D eigenvalue weighted by atomic mass is 35.5. The monoisotopic (exact) mass is 406 g/mol. The number of nitrogens with zero attached hydrogens (tertiary/aromatic N) is 2. The minimum Gasteiger partial charge on any atom is -0.359 e. The Labute approximate surface area is 164 Å². The molecule has 2 atom stereocenters. The fourth-order valence-electron chi connectivity index (χ4n) is 2.81. The Balaban J connectivity index is 1.81. The van der Waals surface area contributed by atoms with Gasteiger partial charge < -0.3 is 5.11 Å². The van der Waals surface area contributed by atoms with Crippen LogP contribution in [-0.4, -0.2) is 20.7 Å². The van der Waals surface area contributed by atoms with Crippen LogP contribution in [0.3, 0.4) is 0 Å². The fraction of sp³-hybridized carbons (Fsp3) is 0.105. The van der Waals surface area contributed by atoms with E-state index in [1.54, 1.807) is 24.4 Å². The Morgan fingerprint density at radius 2 is 1.65 bits per heavy atom. The molecule has 132 valence electrons. The molecule has 3 nitrogen and oxygen atoms in total. The molecule has 7 heteroatoms. The first-order valence-electron chi connectivity index (χ1n) is 7.78. The summed E-state index contributed by atoms with van der Waals surface area (Å²) in [6.45, 7) is 0. The summed E-state index contributed by atoms with van der Waals surface area (Å²) < 4.78 is 14.0. The Morgan fingerprint density at radius 1 is 0.962 bits per heavy atom. The number of rotatable bonds is 4. The van der Waals surface area contributed by atoms with Crippen LogP contribution in [0.15, 0.2) is 67.0 Å². The van der Waals surface area contributed by atoms with Crippen LogP contribution in [0.4, 0.5) is 15.8 Å². The number of aliphatic hydroxyl groups is 1. The zero-order valence-corrected chi connectivity index (χ0v) is 15.6. The molecular weight excluding hydrogens is 394 g/mol. The summed E-state index contributed by atoms with van der Waals surface area (Å²) >= 11 is 13.0. The first kappa shape index (κ1) is 17.6. The Hall–Kier alpha value is -1.79. The summed E-state index contributed by atoms with van der Waals surface area (Å²) in [5.41, 5.74) is 1.54. The molecule has 1 fully saturated rings. The van der Waals surface area contributed by atoms with Gasteiger partial charge in [0.2, 0.25) is 10.6 Å². The second-order valence-electron chi connectivity index (χ2n) is 5.85.